The summed E-state index contributed by atoms with van der Waals surface area (Å²) in [7, 11) is 0. The fourth-order valence-corrected chi connectivity index (χ4v) is 2.58. The van der Waals surface area contributed by atoms with Crippen LogP contribution in [0.4, 0.5) is 0 Å². The van der Waals surface area contributed by atoms with Gasteiger partial charge in [-0.05, 0) is 20.3 Å². The second-order valence-electron chi connectivity index (χ2n) is 4.14. The van der Waals surface area contributed by atoms with E-state index >= 15 is 0 Å². The van der Waals surface area contributed by atoms with Crippen molar-refractivity contribution in [2.45, 2.75) is 39.8 Å². The minimum absolute atomic E-state index is 0.0995. The van der Waals surface area contributed by atoms with Gasteiger partial charge < -0.3 is 5.32 Å². The van der Waals surface area contributed by atoms with Crippen LogP contribution in [0.3, 0.4) is 0 Å². The van der Waals surface area contributed by atoms with E-state index in [2.05, 4.69) is 20.4 Å². The average molecular weight is 279 g/mol. The first-order valence-corrected chi connectivity index (χ1v) is 7.14. The van der Waals surface area contributed by atoms with E-state index in [0.717, 1.165) is 24.5 Å². The fourth-order valence-electron chi connectivity index (χ4n) is 1.88. The lowest BCUT2D eigenvalue weighted by atomic mass is 10.2. The van der Waals surface area contributed by atoms with Crippen molar-refractivity contribution in [1.82, 2.24) is 25.1 Å². The van der Waals surface area contributed by atoms with Gasteiger partial charge in [-0.1, -0.05) is 6.92 Å². The van der Waals surface area contributed by atoms with Gasteiger partial charge in [-0.25, -0.2) is 14.6 Å². The van der Waals surface area contributed by atoms with Gasteiger partial charge in [0.05, 0.1) is 17.2 Å². The Balaban J connectivity index is 2.16. The molecule has 2 aromatic heterocycles. The lowest BCUT2D eigenvalue weighted by Crippen LogP contribution is -2.30. The molecule has 2 heterocycles. The van der Waals surface area contributed by atoms with Crippen molar-refractivity contribution >= 4 is 17.2 Å². The van der Waals surface area contributed by atoms with Crippen molar-refractivity contribution < 1.29 is 4.79 Å². The summed E-state index contributed by atoms with van der Waals surface area (Å²) in [5.74, 6) is 0.693. The van der Waals surface area contributed by atoms with E-state index in [4.69, 9.17) is 0 Å². The molecule has 1 amide bonds. The molecular formula is C12H17N5OS. The highest BCUT2D eigenvalue weighted by atomic mass is 32.1. The Bertz CT molecular complexity index is 562. The maximum absolute atomic E-state index is 12.2. The molecule has 0 aliphatic heterocycles. The van der Waals surface area contributed by atoms with E-state index in [-0.39, 0.29) is 11.9 Å². The Kier molecular flexibility index (Phi) is 4.26. The predicted octanol–water partition coefficient (Wildman–Crippen LogP) is 1.94. The zero-order valence-electron chi connectivity index (χ0n) is 11.3. The zero-order chi connectivity index (χ0) is 13.8. The average Bonchev–Trinajstić information content (AvgIpc) is 3.03. The highest BCUT2D eigenvalue weighted by molar-refractivity contribution is 7.11. The Morgan fingerprint density at radius 3 is 2.84 bits per heavy atom. The normalized spacial score (nSPS) is 12.4. The minimum Gasteiger partial charge on any atom is -0.341 e. The number of nitrogens with one attached hydrogen (secondary N) is 1. The molecule has 0 aliphatic rings. The summed E-state index contributed by atoms with van der Waals surface area (Å²) in [4.78, 5) is 21.2. The number of aromatic nitrogens is 4. The van der Waals surface area contributed by atoms with E-state index in [1.54, 1.807) is 10.2 Å². The molecule has 2 rings (SSSR count). The maximum atomic E-state index is 12.2. The number of carbonyl (C=O) groups is 1. The first-order chi connectivity index (χ1) is 9.17. The lowest BCUT2D eigenvalue weighted by molar-refractivity contribution is 0.0936. The molecule has 7 heteroatoms. The number of hydrogen-bond acceptors (Lipinski definition) is 5. The number of amides is 1. The van der Waals surface area contributed by atoms with Crippen LogP contribution in [0.2, 0.25) is 0 Å². The number of thiazole rings is 1. The van der Waals surface area contributed by atoms with Crippen LogP contribution < -0.4 is 5.32 Å². The summed E-state index contributed by atoms with van der Waals surface area (Å²) in [6, 6.07) is -0.128. The van der Waals surface area contributed by atoms with Gasteiger partial charge in [0.15, 0.2) is 0 Å². The third-order valence-electron chi connectivity index (χ3n) is 2.92. The number of hydrogen-bond donors (Lipinski definition) is 1. The van der Waals surface area contributed by atoms with Gasteiger partial charge in [0.2, 0.25) is 0 Å². The van der Waals surface area contributed by atoms with E-state index in [9.17, 15) is 4.79 Å². The van der Waals surface area contributed by atoms with Crippen molar-refractivity contribution in [1.29, 1.82) is 0 Å². The summed E-state index contributed by atoms with van der Waals surface area (Å²) >= 11 is 1.35. The van der Waals surface area contributed by atoms with Gasteiger partial charge in [-0.15, -0.1) is 11.3 Å². The quantitative estimate of drug-likeness (QED) is 0.908. The molecule has 0 saturated carbocycles. The molecule has 1 N–H and O–H groups in total. The predicted molar refractivity (Wildman–Crippen MR) is 73.0 cm³/mol. The third-order valence-corrected chi connectivity index (χ3v) is 3.85. The van der Waals surface area contributed by atoms with Crippen LogP contribution in [0.15, 0.2) is 11.8 Å². The van der Waals surface area contributed by atoms with Crippen molar-refractivity contribution in [3.05, 3.63) is 28.2 Å². The first-order valence-electron chi connectivity index (χ1n) is 6.26. The number of aryl methyl sites for hydroxylation is 2. The summed E-state index contributed by atoms with van der Waals surface area (Å²) < 4.78 is 1.80. The smallest absolute Gasteiger partial charge is 0.263 e. The van der Waals surface area contributed by atoms with Crippen molar-refractivity contribution in [3.8, 4) is 0 Å². The van der Waals surface area contributed by atoms with Crippen LogP contribution in [-0.4, -0.2) is 25.7 Å². The zero-order valence-corrected chi connectivity index (χ0v) is 12.1. The summed E-state index contributed by atoms with van der Waals surface area (Å²) in [6.07, 6.45) is 2.29. The molecule has 0 unspecified atom stereocenters. The van der Waals surface area contributed by atoms with Gasteiger partial charge >= 0.3 is 0 Å². The molecule has 0 saturated heterocycles. The second kappa shape index (κ2) is 5.92. The van der Waals surface area contributed by atoms with Gasteiger partial charge in [-0.2, -0.15) is 5.10 Å². The molecule has 0 aromatic carbocycles. The number of rotatable bonds is 5. The fraction of sp³-hybridized carbons (Fsp3) is 0.500. The van der Waals surface area contributed by atoms with Crippen molar-refractivity contribution in [3.63, 3.8) is 0 Å². The molecule has 2 aromatic rings. The summed E-state index contributed by atoms with van der Waals surface area (Å²) in [5, 5.41) is 7.13. The molecule has 102 valence electrons. The Morgan fingerprint density at radius 1 is 1.47 bits per heavy atom. The number of carbonyl (C=O) groups excluding carboxylic acids is 1. The van der Waals surface area contributed by atoms with Crippen molar-refractivity contribution in [2.75, 3.05) is 0 Å². The van der Waals surface area contributed by atoms with Crippen LogP contribution >= 0.6 is 11.3 Å². The molecule has 19 heavy (non-hydrogen) atoms. The lowest BCUT2D eigenvalue weighted by Gasteiger charge is -2.16. The Hall–Kier alpha value is -1.76. The first kappa shape index (κ1) is 13.7. The summed E-state index contributed by atoms with van der Waals surface area (Å²) in [6.45, 7) is 6.58. The molecule has 0 spiro atoms. The molecule has 6 nitrogen and oxygen atoms in total. The van der Waals surface area contributed by atoms with E-state index in [1.807, 2.05) is 20.8 Å². The third kappa shape index (κ3) is 2.81. The van der Waals surface area contributed by atoms with Crippen LogP contribution in [0.5, 0.6) is 0 Å². The molecule has 0 fully saturated rings. The highest BCUT2D eigenvalue weighted by Crippen LogP contribution is 2.17. The monoisotopic (exact) mass is 279 g/mol. The molecule has 1 atom stereocenters. The highest BCUT2D eigenvalue weighted by Gasteiger charge is 2.20. The minimum atomic E-state index is -0.128. The van der Waals surface area contributed by atoms with E-state index in [0.29, 0.717) is 4.88 Å². The summed E-state index contributed by atoms with van der Waals surface area (Å²) in [5.41, 5.74) is 2.44. The van der Waals surface area contributed by atoms with Crippen molar-refractivity contribution in [2.24, 2.45) is 0 Å². The van der Waals surface area contributed by atoms with Gasteiger partial charge in [0.25, 0.3) is 5.91 Å². The van der Waals surface area contributed by atoms with Gasteiger partial charge in [0.1, 0.15) is 17.0 Å². The van der Waals surface area contributed by atoms with Gasteiger partial charge in [-0.3, -0.25) is 4.79 Å². The van der Waals surface area contributed by atoms with Gasteiger partial charge in [0, 0.05) is 6.54 Å². The Labute approximate surface area is 115 Å². The second-order valence-corrected chi connectivity index (χ2v) is 4.99. The SMILES string of the molecule is CC[C@H](NC(=O)c1scnc1C)c1ncnn1CC. The van der Waals surface area contributed by atoms with Crippen LogP contribution in [0.25, 0.3) is 0 Å². The standard InChI is InChI=1S/C12H17N5OS/c1-4-9(11-13-6-15-17(11)5-2)16-12(18)10-8(3)14-7-19-10/h6-7,9H,4-5H2,1-3H3,(H,16,18)/t9-/m0/s1. The molecule has 0 radical (unpaired) electrons. The maximum Gasteiger partial charge on any atom is 0.263 e. The van der Waals surface area contributed by atoms with E-state index < -0.39 is 0 Å². The van der Waals surface area contributed by atoms with Crippen LogP contribution in [0.1, 0.15) is 47.5 Å². The largest absolute Gasteiger partial charge is 0.341 e. The molecular weight excluding hydrogens is 262 g/mol. The molecule has 0 aliphatic carbocycles. The topological polar surface area (TPSA) is 72.7 Å². The molecule has 0 bridgehead atoms. The number of nitrogens with zero attached hydrogens (tertiary/aromatic N) is 4. The van der Waals surface area contributed by atoms with E-state index in [1.165, 1.54) is 17.7 Å². The Morgan fingerprint density at radius 2 is 2.26 bits per heavy atom. The van der Waals surface area contributed by atoms with Crippen LogP contribution in [0, 0.1) is 6.92 Å². The van der Waals surface area contributed by atoms with Crippen LogP contribution in [-0.2, 0) is 6.54 Å².